The van der Waals surface area contributed by atoms with Gasteiger partial charge in [0.05, 0.1) is 0 Å². The van der Waals surface area contributed by atoms with Gasteiger partial charge in [-0.3, -0.25) is 4.68 Å². The third kappa shape index (κ3) is 2.48. The van der Waals surface area contributed by atoms with Crippen molar-refractivity contribution < 1.29 is 13.2 Å². The zero-order chi connectivity index (χ0) is 14.3. The highest BCUT2D eigenvalue weighted by atomic mass is 35.5. The average Bonchev–Trinajstić information content (AvgIpc) is 2.96. The van der Waals surface area contributed by atoms with Crippen molar-refractivity contribution in [3.63, 3.8) is 0 Å². The summed E-state index contributed by atoms with van der Waals surface area (Å²) in [5, 5.41) is 6.29. The standard InChI is InChI=1S/C11H6ClF3N4S/c12-9-6-2-4-20-10(6)17-8(16-9)5-19-3-1-7(18-19)11(13,14)15/h1-4H,5H2. The van der Waals surface area contributed by atoms with Crippen LogP contribution >= 0.6 is 22.9 Å². The smallest absolute Gasteiger partial charge is 0.264 e. The number of aromatic nitrogens is 4. The highest BCUT2D eigenvalue weighted by Gasteiger charge is 2.33. The molecule has 0 N–H and O–H groups in total. The lowest BCUT2D eigenvalue weighted by Gasteiger charge is -2.03. The van der Waals surface area contributed by atoms with E-state index in [1.165, 1.54) is 17.5 Å². The number of nitrogens with zero attached hydrogens (tertiary/aromatic N) is 4. The largest absolute Gasteiger partial charge is 0.435 e. The molecule has 0 radical (unpaired) electrons. The van der Waals surface area contributed by atoms with Gasteiger partial charge < -0.3 is 0 Å². The second-order valence-corrected chi connectivity index (χ2v) is 5.22. The van der Waals surface area contributed by atoms with Crippen LogP contribution in [0.3, 0.4) is 0 Å². The minimum atomic E-state index is -4.46. The average molecular weight is 319 g/mol. The Morgan fingerprint density at radius 1 is 1.25 bits per heavy atom. The molecule has 0 aromatic carbocycles. The number of rotatable bonds is 2. The summed E-state index contributed by atoms with van der Waals surface area (Å²) >= 11 is 7.38. The molecular formula is C11H6ClF3N4S. The van der Waals surface area contributed by atoms with E-state index >= 15 is 0 Å². The first-order valence-corrected chi connectivity index (χ1v) is 6.69. The molecule has 0 saturated heterocycles. The molecule has 3 heterocycles. The Hall–Kier alpha value is -1.67. The Morgan fingerprint density at radius 2 is 2.05 bits per heavy atom. The van der Waals surface area contributed by atoms with Crippen LogP contribution in [0.4, 0.5) is 13.2 Å². The second-order valence-electron chi connectivity index (χ2n) is 3.97. The predicted octanol–water partition coefficient (Wildman–Crippen LogP) is 3.61. The lowest BCUT2D eigenvalue weighted by Crippen LogP contribution is -2.09. The van der Waals surface area contributed by atoms with E-state index in [1.54, 1.807) is 6.07 Å². The normalized spacial score (nSPS) is 12.2. The monoisotopic (exact) mass is 318 g/mol. The fourth-order valence-electron chi connectivity index (χ4n) is 1.68. The minimum Gasteiger partial charge on any atom is -0.264 e. The summed E-state index contributed by atoms with van der Waals surface area (Å²) in [6.45, 7) is 0.0314. The van der Waals surface area contributed by atoms with E-state index in [0.717, 1.165) is 16.1 Å². The van der Waals surface area contributed by atoms with E-state index < -0.39 is 11.9 Å². The van der Waals surface area contributed by atoms with Gasteiger partial charge in [0.15, 0.2) is 11.5 Å². The summed E-state index contributed by atoms with van der Waals surface area (Å²) in [6.07, 6.45) is -3.22. The Labute approximate surface area is 119 Å². The third-order valence-electron chi connectivity index (χ3n) is 2.56. The molecule has 3 aromatic heterocycles. The van der Waals surface area contributed by atoms with Crippen LogP contribution in [0.25, 0.3) is 10.2 Å². The molecule has 3 rings (SSSR count). The summed E-state index contributed by atoms with van der Waals surface area (Å²) in [4.78, 5) is 9.00. The van der Waals surface area contributed by atoms with Crippen LogP contribution in [0, 0.1) is 0 Å². The van der Waals surface area contributed by atoms with Gasteiger partial charge >= 0.3 is 6.18 Å². The predicted molar refractivity (Wildman–Crippen MR) is 68.8 cm³/mol. The fourth-order valence-corrected chi connectivity index (χ4v) is 2.77. The van der Waals surface area contributed by atoms with Gasteiger partial charge in [0.25, 0.3) is 0 Å². The molecular weight excluding hydrogens is 313 g/mol. The number of hydrogen-bond donors (Lipinski definition) is 0. The summed E-state index contributed by atoms with van der Waals surface area (Å²) in [5.74, 6) is 0.321. The van der Waals surface area contributed by atoms with Gasteiger partial charge in [-0.05, 0) is 17.5 Å². The van der Waals surface area contributed by atoms with Gasteiger partial charge in [-0.25, -0.2) is 9.97 Å². The maximum atomic E-state index is 12.4. The van der Waals surface area contributed by atoms with E-state index in [1.807, 2.05) is 5.38 Å². The van der Waals surface area contributed by atoms with Crippen molar-refractivity contribution in [1.82, 2.24) is 19.7 Å². The zero-order valence-corrected chi connectivity index (χ0v) is 11.3. The number of thiophene rings is 1. The van der Waals surface area contributed by atoms with Crippen molar-refractivity contribution in [2.75, 3.05) is 0 Å². The highest BCUT2D eigenvalue weighted by molar-refractivity contribution is 7.16. The third-order valence-corrected chi connectivity index (χ3v) is 3.65. The summed E-state index contributed by atoms with van der Waals surface area (Å²) in [5.41, 5.74) is -0.944. The number of hydrogen-bond acceptors (Lipinski definition) is 4. The summed E-state index contributed by atoms with van der Waals surface area (Å²) in [6, 6.07) is 2.70. The van der Waals surface area contributed by atoms with Gasteiger partial charge in [0.2, 0.25) is 0 Å². The van der Waals surface area contributed by atoms with Crippen LogP contribution < -0.4 is 0 Å². The fraction of sp³-hybridized carbons (Fsp3) is 0.182. The van der Waals surface area contributed by atoms with Crippen LogP contribution in [0.1, 0.15) is 11.5 Å². The lowest BCUT2D eigenvalue weighted by atomic mass is 10.4. The van der Waals surface area contributed by atoms with E-state index in [9.17, 15) is 13.2 Å². The van der Waals surface area contributed by atoms with E-state index in [4.69, 9.17) is 11.6 Å². The lowest BCUT2D eigenvalue weighted by molar-refractivity contribution is -0.141. The molecule has 0 amide bonds. The Balaban J connectivity index is 1.91. The van der Waals surface area contributed by atoms with Crippen molar-refractivity contribution in [3.8, 4) is 0 Å². The minimum absolute atomic E-state index is 0.0314. The van der Waals surface area contributed by atoms with Crippen molar-refractivity contribution in [2.45, 2.75) is 12.7 Å². The van der Waals surface area contributed by atoms with E-state index in [0.29, 0.717) is 10.7 Å². The van der Waals surface area contributed by atoms with Crippen LogP contribution in [-0.4, -0.2) is 19.7 Å². The molecule has 0 saturated carbocycles. The Kier molecular flexibility index (Phi) is 3.14. The second kappa shape index (κ2) is 4.71. The van der Waals surface area contributed by atoms with Crippen molar-refractivity contribution in [3.05, 3.63) is 40.4 Å². The van der Waals surface area contributed by atoms with Gasteiger partial charge in [0, 0.05) is 11.6 Å². The van der Waals surface area contributed by atoms with Crippen LogP contribution in [-0.2, 0) is 12.7 Å². The summed E-state index contributed by atoms with van der Waals surface area (Å²) in [7, 11) is 0. The molecule has 20 heavy (non-hydrogen) atoms. The van der Waals surface area contributed by atoms with Crippen LogP contribution in [0.15, 0.2) is 23.7 Å². The van der Waals surface area contributed by atoms with Gasteiger partial charge in [-0.1, -0.05) is 11.6 Å². The maximum Gasteiger partial charge on any atom is 0.435 e. The van der Waals surface area contributed by atoms with E-state index in [2.05, 4.69) is 15.1 Å². The molecule has 0 aliphatic carbocycles. The van der Waals surface area contributed by atoms with Gasteiger partial charge in [-0.15, -0.1) is 11.3 Å². The van der Waals surface area contributed by atoms with Crippen LogP contribution in [0.5, 0.6) is 0 Å². The number of fused-ring (bicyclic) bond motifs is 1. The van der Waals surface area contributed by atoms with Crippen molar-refractivity contribution >= 4 is 33.2 Å². The zero-order valence-electron chi connectivity index (χ0n) is 9.73. The SMILES string of the molecule is FC(F)(F)c1ccn(Cc2nc(Cl)c3ccsc3n2)n1. The Bertz CT molecular complexity index is 764. The molecule has 0 unspecified atom stereocenters. The number of alkyl halides is 3. The molecule has 104 valence electrons. The quantitative estimate of drug-likeness (QED) is 0.678. The summed E-state index contributed by atoms with van der Waals surface area (Å²) < 4.78 is 38.5. The first-order chi connectivity index (χ1) is 9.43. The highest BCUT2D eigenvalue weighted by Crippen LogP contribution is 2.28. The van der Waals surface area contributed by atoms with Gasteiger partial charge in [-0.2, -0.15) is 18.3 Å². The topological polar surface area (TPSA) is 43.6 Å². The van der Waals surface area contributed by atoms with Crippen molar-refractivity contribution in [2.24, 2.45) is 0 Å². The molecule has 0 atom stereocenters. The molecule has 9 heteroatoms. The maximum absolute atomic E-state index is 12.4. The molecule has 0 spiro atoms. The van der Waals surface area contributed by atoms with Crippen LogP contribution in [0.2, 0.25) is 5.15 Å². The van der Waals surface area contributed by atoms with E-state index in [-0.39, 0.29) is 11.7 Å². The van der Waals surface area contributed by atoms with Gasteiger partial charge in [0.1, 0.15) is 16.5 Å². The molecule has 0 bridgehead atoms. The molecule has 0 aliphatic rings. The molecule has 3 aromatic rings. The Morgan fingerprint density at radius 3 is 2.75 bits per heavy atom. The first-order valence-electron chi connectivity index (χ1n) is 5.44. The molecule has 0 fully saturated rings. The molecule has 4 nitrogen and oxygen atoms in total. The number of halogens is 4. The van der Waals surface area contributed by atoms with Crippen molar-refractivity contribution in [1.29, 1.82) is 0 Å². The first kappa shape index (κ1) is 13.3. The molecule has 0 aliphatic heterocycles.